The van der Waals surface area contributed by atoms with Crippen molar-refractivity contribution in [3.8, 4) is 0 Å². The zero-order valence-electron chi connectivity index (χ0n) is 10.3. The van der Waals surface area contributed by atoms with Crippen LogP contribution in [0.4, 0.5) is 4.39 Å². The summed E-state index contributed by atoms with van der Waals surface area (Å²) in [4.78, 5) is 3.95. The first-order valence-electron chi connectivity index (χ1n) is 5.97. The number of nitrogens with one attached hydrogen (secondary N) is 1. The van der Waals surface area contributed by atoms with E-state index in [0.717, 1.165) is 18.5 Å². The van der Waals surface area contributed by atoms with Gasteiger partial charge in [0, 0.05) is 19.0 Å². The van der Waals surface area contributed by atoms with Crippen LogP contribution in [0.3, 0.4) is 0 Å². The average Bonchev–Trinajstić information content (AvgIpc) is 2.85. The first kappa shape index (κ1) is 12.7. The molecule has 18 heavy (non-hydrogen) atoms. The van der Waals surface area contributed by atoms with Crippen molar-refractivity contribution in [1.29, 1.82) is 0 Å². The molecule has 1 unspecified atom stereocenters. The Morgan fingerprint density at radius 1 is 1.33 bits per heavy atom. The van der Waals surface area contributed by atoms with Crippen LogP contribution in [0, 0.1) is 5.82 Å². The zero-order chi connectivity index (χ0) is 12.8. The van der Waals surface area contributed by atoms with Crippen LogP contribution >= 0.6 is 0 Å². The molecule has 0 fully saturated rings. The van der Waals surface area contributed by atoms with Gasteiger partial charge in [0.05, 0.1) is 0 Å². The van der Waals surface area contributed by atoms with Crippen LogP contribution in [-0.4, -0.2) is 22.7 Å². The Morgan fingerprint density at radius 3 is 2.78 bits per heavy atom. The van der Waals surface area contributed by atoms with Crippen LogP contribution < -0.4 is 5.32 Å². The predicted octanol–water partition coefficient (Wildman–Crippen LogP) is 1.97. The molecule has 1 aromatic carbocycles. The summed E-state index contributed by atoms with van der Waals surface area (Å²) in [6.45, 7) is 2.88. The van der Waals surface area contributed by atoms with E-state index < -0.39 is 0 Å². The molecule has 0 saturated carbocycles. The highest BCUT2D eigenvalue weighted by atomic mass is 19.1. The van der Waals surface area contributed by atoms with Gasteiger partial charge in [0.15, 0.2) is 6.33 Å². The third-order valence-corrected chi connectivity index (χ3v) is 2.69. The zero-order valence-corrected chi connectivity index (χ0v) is 10.3. The number of halogens is 1. The maximum Gasteiger partial charge on any atom is 0.227 e. The molecule has 0 radical (unpaired) electrons. The maximum atomic E-state index is 12.7. The smallest absolute Gasteiger partial charge is 0.227 e. The van der Waals surface area contributed by atoms with Gasteiger partial charge in [0.1, 0.15) is 5.82 Å². The van der Waals surface area contributed by atoms with Crippen LogP contribution in [0.2, 0.25) is 0 Å². The molecule has 5 heteroatoms. The molecule has 1 N–H and O–H groups in total. The van der Waals surface area contributed by atoms with Crippen molar-refractivity contribution in [3.05, 3.63) is 47.9 Å². The molecule has 0 saturated heterocycles. The van der Waals surface area contributed by atoms with Gasteiger partial charge in [-0.2, -0.15) is 4.98 Å². The second kappa shape index (κ2) is 6.26. The molecule has 0 amide bonds. The van der Waals surface area contributed by atoms with E-state index in [2.05, 4.69) is 22.4 Å². The van der Waals surface area contributed by atoms with Crippen molar-refractivity contribution in [2.24, 2.45) is 0 Å². The minimum absolute atomic E-state index is 0.198. The van der Waals surface area contributed by atoms with Crippen LogP contribution in [0.5, 0.6) is 0 Å². The summed E-state index contributed by atoms with van der Waals surface area (Å²) in [5.41, 5.74) is 1.12. The Balaban J connectivity index is 1.71. The predicted molar refractivity (Wildman–Crippen MR) is 65.6 cm³/mol. The van der Waals surface area contributed by atoms with Gasteiger partial charge in [-0.25, -0.2) is 4.39 Å². The molecule has 1 aromatic heterocycles. The summed E-state index contributed by atoms with van der Waals surface area (Å²) in [5.74, 6) is 0.437. The summed E-state index contributed by atoms with van der Waals surface area (Å²) < 4.78 is 17.6. The lowest BCUT2D eigenvalue weighted by Crippen LogP contribution is -2.30. The Labute approximate surface area is 105 Å². The Hall–Kier alpha value is -1.75. The van der Waals surface area contributed by atoms with Crippen molar-refractivity contribution in [2.45, 2.75) is 25.8 Å². The largest absolute Gasteiger partial charge is 0.340 e. The van der Waals surface area contributed by atoms with Crippen molar-refractivity contribution < 1.29 is 8.91 Å². The molecule has 1 heterocycles. The van der Waals surface area contributed by atoms with E-state index in [1.807, 2.05) is 12.1 Å². The van der Waals surface area contributed by atoms with Crippen LogP contribution in [0.1, 0.15) is 18.4 Å². The summed E-state index contributed by atoms with van der Waals surface area (Å²) in [6.07, 6.45) is 2.98. The molecule has 2 aromatic rings. The van der Waals surface area contributed by atoms with Crippen molar-refractivity contribution in [2.75, 3.05) is 6.54 Å². The average molecular weight is 249 g/mol. The van der Waals surface area contributed by atoms with Crippen LogP contribution in [0.15, 0.2) is 35.1 Å². The van der Waals surface area contributed by atoms with Crippen LogP contribution in [-0.2, 0) is 12.8 Å². The van der Waals surface area contributed by atoms with E-state index in [-0.39, 0.29) is 5.82 Å². The molecular weight excluding hydrogens is 233 g/mol. The van der Waals surface area contributed by atoms with E-state index in [4.69, 9.17) is 4.52 Å². The Bertz CT molecular complexity index is 456. The second-order valence-corrected chi connectivity index (χ2v) is 4.27. The Morgan fingerprint density at radius 2 is 2.11 bits per heavy atom. The molecule has 0 bridgehead atoms. The van der Waals surface area contributed by atoms with Gasteiger partial charge in [-0.1, -0.05) is 17.3 Å². The van der Waals surface area contributed by atoms with E-state index in [1.165, 1.54) is 18.5 Å². The number of rotatable bonds is 6. The molecule has 0 aliphatic carbocycles. The van der Waals surface area contributed by atoms with Crippen molar-refractivity contribution >= 4 is 0 Å². The lowest BCUT2D eigenvalue weighted by atomic mass is 10.1. The quantitative estimate of drug-likeness (QED) is 0.850. The van der Waals surface area contributed by atoms with Gasteiger partial charge in [-0.3, -0.25) is 0 Å². The van der Waals surface area contributed by atoms with E-state index in [9.17, 15) is 4.39 Å². The lowest BCUT2D eigenvalue weighted by molar-refractivity contribution is 0.372. The summed E-state index contributed by atoms with van der Waals surface area (Å²) in [6, 6.07) is 6.91. The molecule has 0 spiro atoms. The normalized spacial score (nSPS) is 12.6. The molecule has 0 aliphatic rings. The van der Waals surface area contributed by atoms with E-state index in [1.54, 1.807) is 0 Å². The van der Waals surface area contributed by atoms with Gasteiger partial charge < -0.3 is 9.84 Å². The monoisotopic (exact) mass is 249 g/mol. The summed E-state index contributed by atoms with van der Waals surface area (Å²) in [7, 11) is 0. The lowest BCUT2D eigenvalue weighted by Gasteiger charge is -2.12. The van der Waals surface area contributed by atoms with Gasteiger partial charge in [-0.05, 0) is 31.0 Å². The minimum atomic E-state index is -0.198. The molecule has 0 aliphatic heterocycles. The highest BCUT2D eigenvalue weighted by Crippen LogP contribution is 2.05. The van der Waals surface area contributed by atoms with Crippen molar-refractivity contribution in [1.82, 2.24) is 15.5 Å². The first-order valence-corrected chi connectivity index (χ1v) is 5.97. The molecular formula is C13H16FN3O. The van der Waals surface area contributed by atoms with Crippen LogP contribution in [0.25, 0.3) is 0 Å². The SMILES string of the molecule is CC(Cc1ccc(F)cc1)NCCc1ncno1. The summed E-state index contributed by atoms with van der Waals surface area (Å²) in [5, 5.41) is 6.91. The fourth-order valence-electron chi connectivity index (χ4n) is 1.78. The second-order valence-electron chi connectivity index (χ2n) is 4.27. The molecule has 2 rings (SSSR count). The molecule has 4 nitrogen and oxygen atoms in total. The molecule has 96 valence electrons. The fraction of sp³-hybridized carbons (Fsp3) is 0.385. The third kappa shape index (κ3) is 3.92. The maximum absolute atomic E-state index is 12.7. The first-order chi connectivity index (χ1) is 8.74. The number of hydrogen-bond acceptors (Lipinski definition) is 4. The highest BCUT2D eigenvalue weighted by molar-refractivity contribution is 5.16. The van der Waals surface area contributed by atoms with Gasteiger partial charge >= 0.3 is 0 Å². The number of hydrogen-bond donors (Lipinski definition) is 1. The fourth-order valence-corrected chi connectivity index (χ4v) is 1.78. The number of nitrogens with zero attached hydrogens (tertiary/aromatic N) is 2. The van der Waals surface area contributed by atoms with Gasteiger partial charge in [0.2, 0.25) is 5.89 Å². The third-order valence-electron chi connectivity index (χ3n) is 2.69. The molecule has 1 atom stereocenters. The Kier molecular flexibility index (Phi) is 4.41. The number of benzene rings is 1. The highest BCUT2D eigenvalue weighted by Gasteiger charge is 2.04. The van der Waals surface area contributed by atoms with Gasteiger partial charge in [0.25, 0.3) is 0 Å². The minimum Gasteiger partial charge on any atom is -0.340 e. The summed E-state index contributed by atoms with van der Waals surface area (Å²) >= 11 is 0. The topological polar surface area (TPSA) is 51.0 Å². The van der Waals surface area contributed by atoms with Crippen molar-refractivity contribution in [3.63, 3.8) is 0 Å². The number of aromatic nitrogens is 2. The van der Waals surface area contributed by atoms with E-state index in [0.29, 0.717) is 18.4 Å². The van der Waals surface area contributed by atoms with Gasteiger partial charge in [-0.15, -0.1) is 0 Å². The van der Waals surface area contributed by atoms with E-state index >= 15 is 0 Å². The standard InChI is InChI=1S/C13H16FN3O/c1-10(8-11-2-4-12(14)5-3-11)15-7-6-13-16-9-17-18-13/h2-5,9-10,15H,6-8H2,1H3.